The van der Waals surface area contributed by atoms with Crippen LogP contribution in [0.15, 0.2) is 65.6 Å². The first-order valence-corrected chi connectivity index (χ1v) is 14.1. The number of aliphatic carboxylic acids is 1. The van der Waals surface area contributed by atoms with Crippen LogP contribution in [0.5, 0.6) is 5.75 Å². The largest absolute Gasteiger partial charge is 0.486 e. The second-order valence-corrected chi connectivity index (χ2v) is 12.1. The lowest BCUT2D eigenvalue weighted by atomic mass is 9.90. The van der Waals surface area contributed by atoms with Crippen LogP contribution in [-0.2, 0) is 14.8 Å². The van der Waals surface area contributed by atoms with E-state index in [1.807, 2.05) is 43.3 Å². The number of sulfonamides is 1. The van der Waals surface area contributed by atoms with Crippen molar-refractivity contribution in [3.8, 4) is 5.75 Å². The molecule has 0 radical (unpaired) electrons. The molecule has 1 fully saturated rings. The number of benzene rings is 3. The number of hydrogen-bond acceptors (Lipinski definition) is 5. The van der Waals surface area contributed by atoms with Crippen molar-refractivity contribution in [1.82, 2.24) is 0 Å². The topological polar surface area (TPSA) is 87.2 Å². The number of hydrogen-bond donors (Lipinski definition) is 1. The van der Waals surface area contributed by atoms with Gasteiger partial charge in [0.25, 0.3) is 10.0 Å². The summed E-state index contributed by atoms with van der Waals surface area (Å²) in [5.41, 5.74) is 3.05. The third kappa shape index (κ3) is 5.10. The van der Waals surface area contributed by atoms with Gasteiger partial charge in [0, 0.05) is 41.2 Å². The highest BCUT2D eigenvalue weighted by atomic mass is 35.5. The monoisotopic (exact) mass is 560 g/mol. The Morgan fingerprint density at radius 1 is 1.03 bits per heavy atom. The molecule has 3 aromatic carbocycles. The van der Waals surface area contributed by atoms with Crippen molar-refractivity contribution in [3.05, 3.63) is 81.8 Å². The van der Waals surface area contributed by atoms with Gasteiger partial charge in [-0.1, -0.05) is 41.4 Å². The van der Waals surface area contributed by atoms with E-state index in [1.54, 1.807) is 24.3 Å². The number of carbonyl (C=O) groups is 1. The molecule has 3 aromatic rings. The van der Waals surface area contributed by atoms with Gasteiger partial charge in [0.15, 0.2) is 0 Å². The Hall–Kier alpha value is -2.94. The predicted molar refractivity (Wildman–Crippen MR) is 145 cm³/mol. The molecule has 7 nitrogen and oxygen atoms in total. The van der Waals surface area contributed by atoms with Crippen LogP contribution in [0.4, 0.5) is 11.4 Å². The third-order valence-electron chi connectivity index (χ3n) is 6.79. The first-order chi connectivity index (χ1) is 17.6. The first-order valence-electron chi connectivity index (χ1n) is 11.9. The van der Waals surface area contributed by atoms with E-state index < -0.39 is 22.1 Å². The number of anilines is 2. The third-order valence-corrected chi connectivity index (χ3v) is 9.22. The highest BCUT2D eigenvalue weighted by Crippen LogP contribution is 2.44. The Bertz CT molecular complexity index is 1440. The average Bonchev–Trinajstić information content (AvgIpc) is 2.83. The lowest BCUT2D eigenvalue weighted by Crippen LogP contribution is -2.46. The van der Waals surface area contributed by atoms with Crippen LogP contribution < -0.4 is 13.9 Å². The van der Waals surface area contributed by atoms with Gasteiger partial charge in [-0.25, -0.2) is 8.42 Å². The number of halogens is 2. The van der Waals surface area contributed by atoms with Gasteiger partial charge in [0.2, 0.25) is 0 Å². The van der Waals surface area contributed by atoms with E-state index in [0.29, 0.717) is 34.6 Å². The minimum Gasteiger partial charge on any atom is -0.486 e. The molecule has 0 saturated carbocycles. The highest BCUT2D eigenvalue weighted by Gasteiger charge is 2.37. The smallest absolute Gasteiger partial charge is 0.303 e. The fourth-order valence-electron chi connectivity index (χ4n) is 4.84. The molecule has 2 heterocycles. The van der Waals surface area contributed by atoms with E-state index in [4.69, 9.17) is 33.0 Å². The van der Waals surface area contributed by atoms with Gasteiger partial charge in [0.05, 0.1) is 17.1 Å². The summed E-state index contributed by atoms with van der Waals surface area (Å²) in [6, 6.07) is 17.7. The van der Waals surface area contributed by atoms with Crippen molar-refractivity contribution in [2.45, 2.75) is 36.7 Å². The quantitative estimate of drug-likeness (QED) is 0.397. The van der Waals surface area contributed by atoms with Gasteiger partial charge < -0.3 is 14.7 Å². The molecule has 5 rings (SSSR count). The number of carboxylic acids is 1. The number of ether oxygens (including phenoxy) is 1. The molecule has 0 aliphatic carbocycles. The maximum absolute atomic E-state index is 13.8. The van der Waals surface area contributed by atoms with Crippen molar-refractivity contribution in [3.63, 3.8) is 0 Å². The van der Waals surface area contributed by atoms with Gasteiger partial charge in [0.1, 0.15) is 11.9 Å². The van der Waals surface area contributed by atoms with E-state index in [-0.39, 0.29) is 30.2 Å². The maximum Gasteiger partial charge on any atom is 0.303 e. The molecule has 1 atom stereocenters. The lowest BCUT2D eigenvalue weighted by molar-refractivity contribution is -0.137. The molecule has 1 saturated heterocycles. The molecule has 0 spiro atoms. The van der Waals surface area contributed by atoms with Crippen molar-refractivity contribution < 1.29 is 23.1 Å². The van der Waals surface area contributed by atoms with Crippen LogP contribution in [0, 0.1) is 6.92 Å². The zero-order chi connectivity index (χ0) is 26.3. The standard InChI is InChI=1S/C27H26Cl2N2O5S/c1-17-4-2-5-21(12-17)37(34,35)31-16-20(9-11-26(32)33)36-25-10-8-19(13-24(25)31)30-14-18(15-30)27-22(28)6-3-7-23(27)29/h2-8,10,12-13,18,20H,9,11,14-16H2,1H3,(H,32,33)/t20-/m1/s1. The van der Waals surface area contributed by atoms with Crippen LogP contribution in [0.2, 0.25) is 10.0 Å². The minimum absolute atomic E-state index is 0.0257. The van der Waals surface area contributed by atoms with Gasteiger partial charge in [-0.3, -0.25) is 9.10 Å². The number of nitrogens with zero attached hydrogens (tertiary/aromatic N) is 2. The van der Waals surface area contributed by atoms with Gasteiger partial charge in [-0.15, -0.1) is 0 Å². The summed E-state index contributed by atoms with van der Waals surface area (Å²) >= 11 is 12.8. The summed E-state index contributed by atoms with van der Waals surface area (Å²) < 4.78 is 34.9. The number of fused-ring (bicyclic) bond motifs is 1. The Morgan fingerprint density at radius 2 is 1.73 bits per heavy atom. The molecule has 0 aromatic heterocycles. The van der Waals surface area contributed by atoms with E-state index in [2.05, 4.69) is 4.90 Å². The summed E-state index contributed by atoms with van der Waals surface area (Å²) in [4.78, 5) is 13.5. The lowest BCUT2D eigenvalue weighted by Gasteiger charge is -2.43. The fraction of sp³-hybridized carbons (Fsp3) is 0.296. The summed E-state index contributed by atoms with van der Waals surface area (Å²) in [7, 11) is -3.91. The second-order valence-electron chi connectivity index (χ2n) is 9.41. The van der Waals surface area contributed by atoms with E-state index in [1.165, 1.54) is 4.31 Å². The Labute approximate surface area is 226 Å². The predicted octanol–water partition coefficient (Wildman–Crippen LogP) is 5.73. The van der Waals surface area contributed by atoms with Crippen LogP contribution in [-0.4, -0.2) is 45.2 Å². The Balaban J connectivity index is 1.46. The molecule has 0 amide bonds. The summed E-state index contributed by atoms with van der Waals surface area (Å²) in [6.45, 7) is 3.24. The van der Waals surface area contributed by atoms with Gasteiger partial charge in [-0.2, -0.15) is 0 Å². The highest BCUT2D eigenvalue weighted by molar-refractivity contribution is 7.92. The van der Waals surface area contributed by atoms with Crippen molar-refractivity contribution in [2.24, 2.45) is 0 Å². The van der Waals surface area contributed by atoms with Crippen LogP contribution in [0.3, 0.4) is 0 Å². The zero-order valence-corrected chi connectivity index (χ0v) is 22.4. The summed E-state index contributed by atoms with van der Waals surface area (Å²) in [6.07, 6.45) is -0.497. The first kappa shape index (κ1) is 25.7. The van der Waals surface area contributed by atoms with Gasteiger partial charge in [-0.05, 0) is 66.9 Å². The average molecular weight is 561 g/mol. The molecular formula is C27H26Cl2N2O5S. The van der Waals surface area contributed by atoms with E-state index in [0.717, 1.165) is 16.8 Å². The van der Waals surface area contributed by atoms with Crippen molar-refractivity contribution in [2.75, 3.05) is 28.8 Å². The minimum atomic E-state index is -3.91. The molecule has 0 unspecified atom stereocenters. The molecule has 194 valence electrons. The normalized spacial score (nSPS) is 17.6. The molecule has 2 aliphatic rings. The van der Waals surface area contributed by atoms with Crippen LogP contribution in [0.1, 0.15) is 29.9 Å². The van der Waals surface area contributed by atoms with Crippen molar-refractivity contribution in [1.29, 1.82) is 0 Å². The molecule has 0 bridgehead atoms. The molecule has 10 heteroatoms. The maximum atomic E-state index is 13.8. The number of rotatable bonds is 7. The van der Waals surface area contributed by atoms with Crippen molar-refractivity contribution >= 4 is 50.6 Å². The van der Waals surface area contributed by atoms with E-state index >= 15 is 0 Å². The summed E-state index contributed by atoms with van der Waals surface area (Å²) in [5.74, 6) is -0.377. The molecule has 1 N–H and O–H groups in total. The summed E-state index contributed by atoms with van der Waals surface area (Å²) in [5, 5.41) is 10.4. The Morgan fingerprint density at radius 3 is 2.41 bits per heavy atom. The van der Waals surface area contributed by atoms with E-state index in [9.17, 15) is 13.2 Å². The fourth-order valence-corrected chi connectivity index (χ4v) is 7.15. The molecule has 37 heavy (non-hydrogen) atoms. The molecule has 2 aliphatic heterocycles. The number of aryl methyl sites for hydroxylation is 1. The molecular weight excluding hydrogens is 535 g/mol. The van der Waals surface area contributed by atoms with Gasteiger partial charge >= 0.3 is 5.97 Å². The van der Waals surface area contributed by atoms with Crippen LogP contribution in [0.25, 0.3) is 0 Å². The number of carboxylic acid groups (broad SMARTS) is 1. The Kier molecular flexibility index (Phi) is 7.00. The SMILES string of the molecule is Cc1cccc(S(=O)(=O)N2C[C@@H](CCC(=O)O)Oc3ccc(N4CC(c5c(Cl)cccc5Cl)C4)cc32)c1. The second kappa shape index (κ2) is 10.1. The zero-order valence-electron chi connectivity index (χ0n) is 20.1. The van der Waals surface area contributed by atoms with Crippen LogP contribution >= 0.6 is 23.2 Å².